The normalized spacial score (nSPS) is 20.1. The number of nitrogens with one attached hydrogen (secondary N) is 1. The van der Waals surface area contributed by atoms with Gasteiger partial charge in [0.15, 0.2) is 0 Å². The van der Waals surface area contributed by atoms with Crippen molar-refractivity contribution in [1.82, 2.24) is 14.5 Å². The molecule has 1 aromatic heterocycles. The summed E-state index contributed by atoms with van der Waals surface area (Å²) in [5, 5.41) is 4.74. The Labute approximate surface area is 171 Å². The first-order valence-electron chi connectivity index (χ1n) is 9.89. The van der Waals surface area contributed by atoms with Crippen LogP contribution in [0.1, 0.15) is 55.3 Å². The van der Waals surface area contributed by atoms with E-state index in [1.807, 2.05) is 0 Å². The van der Waals surface area contributed by atoms with Gasteiger partial charge in [0.25, 0.3) is 15.9 Å². The Bertz CT molecular complexity index is 805. The summed E-state index contributed by atoms with van der Waals surface area (Å²) in [5.74, 6) is -0.266. The highest BCUT2D eigenvalue weighted by Gasteiger charge is 2.34. The lowest BCUT2D eigenvalue weighted by atomic mass is 9.93. The molecule has 0 aromatic carbocycles. The third-order valence-corrected chi connectivity index (χ3v) is 8.91. The SMILES string of the molecule is CN(C)C(=O)c1csc(S(=O)(=O)N2CCC(C(=O)NC3CCCCC3)CC2)c1. The second-order valence-electron chi connectivity index (χ2n) is 7.88. The number of carbonyl (C=O) groups is 2. The summed E-state index contributed by atoms with van der Waals surface area (Å²) in [5.41, 5.74) is 0.385. The van der Waals surface area contributed by atoms with Gasteiger partial charge in [-0.3, -0.25) is 9.59 Å². The largest absolute Gasteiger partial charge is 0.353 e. The van der Waals surface area contributed by atoms with Crippen molar-refractivity contribution >= 4 is 33.2 Å². The summed E-state index contributed by atoms with van der Waals surface area (Å²) in [6.45, 7) is 0.667. The molecule has 1 aliphatic heterocycles. The molecular formula is C19H29N3O4S2. The molecule has 0 unspecified atom stereocenters. The number of amides is 2. The fraction of sp³-hybridized carbons (Fsp3) is 0.684. The van der Waals surface area contributed by atoms with E-state index in [-0.39, 0.29) is 28.0 Å². The molecule has 1 saturated carbocycles. The predicted octanol–water partition coefficient (Wildman–Crippen LogP) is 2.30. The van der Waals surface area contributed by atoms with Crippen molar-refractivity contribution in [1.29, 1.82) is 0 Å². The van der Waals surface area contributed by atoms with Gasteiger partial charge in [0, 0.05) is 44.5 Å². The van der Waals surface area contributed by atoms with Crippen LogP contribution in [0.4, 0.5) is 0 Å². The number of piperidine rings is 1. The highest BCUT2D eigenvalue weighted by molar-refractivity contribution is 7.91. The van der Waals surface area contributed by atoms with Crippen LogP contribution in [0, 0.1) is 5.92 Å². The quantitative estimate of drug-likeness (QED) is 0.781. The molecule has 1 saturated heterocycles. The summed E-state index contributed by atoms with van der Waals surface area (Å²) < 4.78 is 27.4. The molecular weight excluding hydrogens is 398 g/mol. The number of sulfonamides is 1. The zero-order chi connectivity index (χ0) is 20.3. The van der Waals surface area contributed by atoms with Gasteiger partial charge >= 0.3 is 0 Å². The molecule has 156 valence electrons. The molecule has 0 bridgehead atoms. The fourth-order valence-corrected chi connectivity index (χ4v) is 6.65. The van der Waals surface area contributed by atoms with Crippen molar-refractivity contribution in [2.45, 2.75) is 55.2 Å². The average Bonchev–Trinajstić information content (AvgIpc) is 3.19. The van der Waals surface area contributed by atoms with Gasteiger partial charge in [0.1, 0.15) is 4.21 Å². The monoisotopic (exact) mass is 427 g/mol. The van der Waals surface area contributed by atoms with Gasteiger partial charge in [-0.05, 0) is 31.7 Å². The second-order valence-corrected chi connectivity index (χ2v) is 11.0. The minimum Gasteiger partial charge on any atom is -0.353 e. The van der Waals surface area contributed by atoms with Crippen LogP contribution in [-0.2, 0) is 14.8 Å². The van der Waals surface area contributed by atoms with E-state index < -0.39 is 10.0 Å². The van der Waals surface area contributed by atoms with Crippen LogP contribution in [0.25, 0.3) is 0 Å². The van der Waals surface area contributed by atoms with Crippen LogP contribution in [0.3, 0.4) is 0 Å². The first-order chi connectivity index (χ1) is 13.3. The molecule has 1 N–H and O–H groups in total. The van der Waals surface area contributed by atoms with Crippen LogP contribution in [0.2, 0.25) is 0 Å². The van der Waals surface area contributed by atoms with Gasteiger partial charge in [-0.15, -0.1) is 11.3 Å². The standard InChI is InChI=1S/C19H29N3O4S2/c1-21(2)19(24)15-12-17(27-13-15)28(25,26)22-10-8-14(9-11-22)18(23)20-16-6-4-3-5-7-16/h12-14,16H,3-11H2,1-2H3,(H,20,23). The molecule has 0 radical (unpaired) electrons. The Balaban J connectivity index is 1.57. The van der Waals surface area contributed by atoms with Crippen LogP contribution in [0.15, 0.2) is 15.7 Å². The maximum Gasteiger partial charge on any atom is 0.254 e. The fourth-order valence-electron chi connectivity index (χ4n) is 3.87. The van der Waals surface area contributed by atoms with Crippen LogP contribution in [0.5, 0.6) is 0 Å². The Morgan fingerprint density at radius 3 is 2.36 bits per heavy atom. The first kappa shape index (κ1) is 21.3. The zero-order valence-corrected chi connectivity index (χ0v) is 18.2. The Kier molecular flexibility index (Phi) is 6.77. The van der Waals surface area contributed by atoms with Gasteiger partial charge in [-0.2, -0.15) is 4.31 Å². The Morgan fingerprint density at radius 2 is 1.75 bits per heavy atom. The van der Waals surface area contributed by atoms with Crippen molar-refractivity contribution in [2.75, 3.05) is 27.2 Å². The Morgan fingerprint density at radius 1 is 1.11 bits per heavy atom. The maximum absolute atomic E-state index is 12.9. The lowest BCUT2D eigenvalue weighted by Crippen LogP contribution is -2.45. The number of hydrogen-bond acceptors (Lipinski definition) is 5. The highest BCUT2D eigenvalue weighted by atomic mass is 32.2. The van der Waals surface area contributed by atoms with Crippen molar-refractivity contribution in [2.24, 2.45) is 5.92 Å². The molecule has 3 rings (SSSR count). The lowest BCUT2D eigenvalue weighted by molar-refractivity contribution is -0.127. The van der Waals surface area contributed by atoms with E-state index in [0.29, 0.717) is 31.5 Å². The third kappa shape index (κ3) is 4.75. The molecule has 2 fully saturated rings. The van der Waals surface area contributed by atoms with Crippen molar-refractivity contribution in [3.63, 3.8) is 0 Å². The van der Waals surface area contributed by atoms with E-state index in [1.165, 1.54) is 34.5 Å². The van der Waals surface area contributed by atoms with Crippen LogP contribution in [-0.4, -0.2) is 62.7 Å². The van der Waals surface area contributed by atoms with E-state index in [1.54, 1.807) is 19.5 Å². The summed E-state index contributed by atoms with van der Waals surface area (Å²) in [4.78, 5) is 26.0. The van der Waals surface area contributed by atoms with Gasteiger partial charge in [0.05, 0.1) is 5.56 Å². The number of hydrogen-bond donors (Lipinski definition) is 1. The average molecular weight is 428 g/mol. The molecule has 0 spiro atoms. The molecule has 1 aliphatic carbocycles. The third-order valence-electron chi connectivity index (χ3n) is 5.60. The predicted molar refractivity (Wildman–Crippen MR) is 109 cm³/mol. The molecule has 0 atom stereocenters. The van der Waals surface area contributed by atoms with E-state index in [0.717, 1.165) is 24.2 Å². The summed E-state index contributed by atoms with van der Waals surface area (Å²) in [6.07, 6.45) is 6.74. The van der Waals surface area contributed by atoms with E-state index >= 15 is 0 Å². The van der Waals surface area contributed by atoms with Gasteiger partial charge in [0.2, 0.25) is 5.91 Å². The molecule has 9 heteroatoms. The number of rotatable bonds is 5. The molecule has 28 heavy (non-hydrogen) atoms. The molecule has 1 aromatic rings. The van der Waals surface area contributed by atoms with Crippen LogP contribution < -0.4 is 5.32 Å². The van der Waals surface area contributed by atoms with Gasteiger partial charge in [-0.25, -0.2) is 8.42 Å². The second kappa shape index (κ2) is 8.92. The van der Waals surface area contributed by atoms with E-state index in [9.17, 15) is 18.0 Å². The highest BCUT2D eigenvalue weighted by Crippen LogP contribution is 2.28. The van der Waals surface area contributed by atoms with Crippen molar-refractivity contribution < 1.29 is 18.0 Å². The topological polar surface area (TPSA) is 86.8 Å². The minimum absolute atomic E-state index is 0.0685. The van der Waals surface area contributed by atoms with E-state index in [2.05, 4.69) is 5.32 Å². The summed E-state index contributed by atoms with van der Waals surface area (Å²) in [7, 11) is -0.355. The zero-order valence-electron chi connectivity index (χ0n) is 16.5. The minimum atomic E-state index is -3.63. The summed E-state index contributed by atoms with van der Waals surface area (Å²) in [6, 6.07) is 1.73. The van der Waals surface area contributed by atoms with Gasteiger partial charge < -0.3 is 10.2 Å². The van der Waals surface area contributed by atoms with Crippen molar-refractivity contribution in [3.05, 3.63) is 17.0 Å². The number of thiophene rings is 1. The number of carbonyl (C=O) groups excluding carboxylic acids is 2. The molecule has 2 heterocycles. The van der Waals surface area contributed by atoms with Crippen LogP contribution >= 0.6 is 11.3 Å². The maximum atomic E-state index is 12.9. The smallest absolute Gasteiger partial charge is 0.254 e. The Hall–Kier alpha value is -1.45. The van der Waals surface area contributed by atoms with Crippen molar-refractivity contribution in [3.8, 4) is 0 Å². The molecule has 2 aliphatic rings. The van der Waals surface area contributed by atoms with Gasteiger partial charge in [-0.1, -0.05) is 19.3 Å². The lowest BCUT2D eigenvalue weighted by Gasteiger charge is -2.31. The number of nitrogens with zero attached hydrogens (tertiary/aromatic N) is 2. The van der Waals surface area contributed by atoms with E-state index in [4.69, 9.17) is 0 Å². The molecule has 2 amide bonds. The molecule has 7 nitrogen and oxygen atoms in total. The summed E-state index contributed by atoms with van der Waals surface area (Å²) >= 11 is 1.07. The first-order valence-corrected chi connectivity index (χ1v) is 12.2.